The van der Waals surface area contributed by atoms with E-state index in [1.54, 1.807) is 6.92 Å². The largest absolute Gasteiger partial charge is 0.351 e. The van der Waals surface area contributed by atoms with Crippen molar-refractivity contribution in [2.24, 2.45) is 11.8 Å². The molecule has 2 amide bonds. The number of nitrogens with one attached hydrogen (secondary N) is 1. The van der Waals surface area contributed by atoms with Crippen LogP contribution >= 0.6 is 0 Å². The highest BCUT2D eigenvalue weighted by molar-refractivity contribution is 5.82. The number of likely N-dealkylation sites (tertiary alicyclic amines) is 1. The van der Waals surface area contributed by atoms with E-state index in [-0.39, 0.29) is 23.4 Å². The molecule has 1 aromatic rings. The maximum Gasteiger partial charge on any atom is 0.226 e. The van der Waals surface area contributed by atoms with Gasteiger partial charge in [0.15, 0.2) is 0 Å². The van der Waals surface area contributed by atoms with Gasteiger partial charge in [-0.05, 0) is 50.5 Å². The molecule has 1 saturated heterocycles. The summed E-state index contributed by atoms with van der Waals surface area (Å²) in [4.78, 5) is 26.7. The van der Waals surface area contributed by atoms with E-state index in [9.17, 15) is 9.59 Å². The van der Waals surface area contributed by atoms with Gasteiger partial charge in [0, 0.05) is 24.9 Å². The van der Waals surface area contributed by atoms with Gasteiger partial charge in [-0.3, -0.25) is 9.59 Å². The van der Waals surface area contributed by atoms with Crippen molar-refractivity contribution in [1.82, 2.24) is 10.2 Å². The molecule has 1 N–H and O–H groups in total. The van der Waals surface area contributed by atoms with E-state index in [0.717, 1.165) is 38.6 Å². The summed E-state index contributed by atoms with van der Waals surface area (Å²) < 4.78 is 0. The molecule has 1 unspecified atom stereocenters. The molecule has 0 aromatic heterocycles. The minimum Gasteiger partial charge on any atom is -0.351 e. The molecule has 4 nitrogen and oxygen atoms in total. The minimum absolute atomic E-state index is 0.0281. The average molecular weight is 326 g/mol. The highest BCUT2D eigenvalue weighted by Gasteiger charge is 2.59. The number of rotatable bonds is 3. The Morgan fingerprint density at radius 2 is 2.04 bits per heavy atom. The molecule has 1 aromatic carbocycles. The third kappa shape index (κ3) is 2.52. The summed E-state index contributed by atoms with van der Waals surface area (Å²) in [6.45, 7) is 4.55. The summed E-state index contributed by atoms with van der Waals surface area (Å²) in [6, 6.07) is 8.78. The van der Waals surface area contributed by atoms with E-state index < -0.39 is 0 Å². The quantitative estimate of drug-likeness (QED) is 0.928. The fraction of sp³-hybridized carbons (Fsp3) is 0.600. The van der Waals surface area contributed by atoms with Gasteiger partial charge in [-0.15, -0.1) is 0 Å². The fourth-order valence-electron chi connectivity index (χ4n) is 5.27. The molecule has 24 heavy (non-hydrogen) atoms. The number of hydrogen-bond donors (Lipinski definition) is 1. The molecule has 1 heterocycles. The molecule has 128 valence electrons. The van der Waals surface area contributed by atoms with Crippen LogP contribution in [-0.4, -0.2) is 28.8 Å². The third-order valence-corrected chi connectivity index (χ3v) is 6.21. The maximum absolute atomic E-state index is 13.2. The smallest absolute Gasteiger partial charge is 0.226 e. The molecule has 2 bridgehead atoms. The molecule has 4 heteroatoms. The molecule has 2 atom stereocenters. The molecule has 4 aliphatic rings. The van der Waals surface area contributed by atoms with Crippen LogP contribution in [0.2, 0.25) is 0 Å². The Balaban J connectivity index is 1.50. The van der Waals surface area contributed by atoms with Crippen LogP contribution in [0, 0.1) is 18.8 Å². The van der Waals surface area contributed by atoms with Crippen LogP contribution < -0.4 is 5.32 Å². The van der Waals surface area contributed by atoms with Crippen LogP contribution in [0.25, 0.3) is 0 Å². The molecule has 3 aliphatic carbocycles. The number of fused-ring (bicyclic) bond motifs is 1. The first-order valence-corrected chi connectivity index (χ1v) is 9.13. The summed E-state index contributed by atoms with van der Waals surface area (Å²) in [5.74, 6) is 0.902. The number of amides is 2. The van der Waals surface area contributed by atoms with E-state index in [1.807, 2.05) is 0 Å². The summed E-state index contributed by atoms with van der Waals surface area (Å²) >= 11 is 0. The van der Waals surface area contributed by atoms with Crippen molar-refractivity contribution < 1.29 is 9.59 Å². The van der Waals surface area contributed by atoms with Crippen molar-refractivity contribution in [2.45, 2.75) is 57.5 Å². The monoisotopic (exact) mass is 326 g/mol. The number of hydrogen-bond acceptors (Lipinski definition) is 2. The van der Waals surface area contributed by atoms with E-state index in [4.69, 9.17) is 0 Å². The second-order valence-electron chi connectivity index (χ2n) is 8.04. The lowest BCUT2D eigenvalue weighted by atomic mass is 9.76. The highest BCUT2D eigenvalue weighted by atomic mass is 16.2. The van der Waals surface area contributed by atoms with Gasteiger partial charge in [0.25, 0.3) is 0 Å². The predicted octanol–water partition coefficient (Wildman–Crippen LogP) is 2.96. The predicted molar refractivity (Wildman–Crippen MR) is 92.2 cm³/mol. The number of benzene rings is 1. The van der Waals surface area contributed by atoms with E-state index in [2.05, 4.69) is 41.4 Å². The van der Waals surface area contributed by atoms with Crippen LogP contribution in [0.15, 0.2) is 24.3 Å². The number of carbonyl (C=O) groups excluding carboxylic acids is 2. The maximum atomic E-state index is 13.2. The van der Waals surface area contributed by atoms with Crippen molar-refractivity contribution in [3.05, 3.63) is 35.4 Å². The fourth-order valence-corrected chi connectivity index (χ4v) is 5.27. The van der Waals surface area contributed by atoms with Crippen LogP contribution in [0.4, 0.5) is 0 Å². The molecule has 4 fully saturated rings. The summed E-state index contributed by atoms with van der Waals surface area (Å²) in [5, 5.41) is 3.10. The first-order valence-electron chi connectivity index (χ1n) is 9.13. The number of aryl methyl sites for hydroxylation is 1. The van der Waals surface area contributed by atoms with Crippen molar-refractivity contribution in [2.75, 3.05) is 6.54 Å². The van der Waals surface area contributed by atoms with Gasteiger partial charge >= 0.3 is 0 Å². The summed E-state index contributed by atoms with van der Waals surface area (Å²) in [6.07, 6.45) is 4.92. The zero-order valence-electron chi connectivity index (χ0n) is 14.5. The molecular formula is C20H26N2O2. The first kappa shape index (κ1) is 15.7. The van der Waals surface area contributed by atoms with Gasteiger partial charge in [0.1, 0.15) is 0 Å². The Kier molecular flexibility index (Phi) is 3.66. The van der Waals surface area contributed by atoms with Gasteiger partial charge in [-0.25, -0.2) is 0 Å². The zero-order valence-corrected chi connectivity index (χ0v) is 14.5. The highest BCUT2D eigenvalue weighted by Crippen LogP contribution is 2.56. The Hall–Kier alpha value is -1.84. The average Bonchev–Trinajstić information content (AvgIpc) is 3.17. The summed E-state index contributed by atoms with van der Waals surface area (Å²) in [7, 11) is 0. The Bertz CT molecular complexity index is 678. The topological polar surface area (TPSA) is 49.4 Å². The van der Waals surface area contributed by atoms with Crippen molar-refractivity contribution in [3.63, 3.8) is 0 Å². The Labute approximate surface area is 143 Å². The van der Waals surface area contributed by atoms with Crippen LogP contribution in [0.1, 0.15) is 56.2 Å². The zero-order chi connectivity index (χ0) is 16.9. The van der Waals surface area contributed by atoms with Crippen molar-refractivity contribution in [3.8, 4) is 0 Å². The van der Waals surface area contributed by atoms with E-state index >= 15 is 0 Å². The van der Waals surface area contributed by atoms with Gasteiger partial charge < -0.3 is 10.2 Å². The lowest BCUT2D eigenvalue weighted by Gasteiger charge is -2.39. The minimum atomic E-state index is -0.0879. The molecule has 3 saturated carbocycles. The van der Waals surface area contributed by atoms with Crippen LogP contribution in [0.3, 0.4) is 0 Å². The first-order chi connectivity index (χ1) is 11.5. The Morgan fingerprint density at radius 3 is 2.75 bits per heavy atom. The van der Waals surface area contributed by atoms with E-state index in [1.165, 1.54) is 11.1 Å². The van der Waals surface area contributed by atoms with Crippen LogP contribution in [0.5, 0.6) is 0 Å². The number of carbonyl (C=O) groups is 2. The Morgan fingerprint density at radius 1 is 1.25 bits per heavy atom. The molecule has 1 aliphatic heterocycles. The van der Waals surface area contributed by atoms with Gasteiger partial charge in [-0.1, -0.05) is 29.8 Å². The molecular weight excluding hydrogens is 300 g/mol. The molecule has 5 rings (SSSR count). The SMILES string of the molecule is CC(=O)NC12CC(C1)[C@@H](C(=O)N1CCCC1c1cccc(C)c1)C2. The standard InChI is InChI=1S/C20H26N2O2/c1-13-5-3-6-15(9-13)18-7-4-8-22(18)19(24)17-12-20(21-14(2)23)10-16(17)11-20/h3,5-6,9,16-18H,4,7-8,10-12H2,1-2H3,(H,21,23)/t16?,17-,18?,20?/m0/s1. The molecule has 0 radical (unpaired) electrons. The second-order valence-corrected chi connectivity index (χ2v) is 8.04. The normalized spacial score (nSPS) is 34.1. The lowest BCUT2D eigenvalue weighted by molar-refractivity contribution is -0.137. The lowest BCUT2D eigenvalue weighted by Crippen LogP contribution is -2.51. The van der Waals surface area contributed by atoms with E-state index in [0.29, 0.717) is 11.8 Å². The van der Waals surface area contributed by atoms with Crippen molar-refractivity contribution in [1.29, 1.82) is 0 Å². The van der Waals surface area contributed by atoms with Gasteiger partial charge in [0.05, 0.1) is 6.04 Å². The summed E-state index contributed by atoms with van der Waals surface area (Å²) in [5.41, 5.74) is 2.43. The van der Waals surface area contributed by atoms with Crippen molar-refractivity contribution >= 4 is 11.8 Å². The number of nitrogens with zero attached hydrogens (tertiary/aromatic N) is 1. The van der Waals surface area contributed by atoms with Gasteiger partial charge in [0.2, 0.25) is 11.8 Å². The van der Waals surface area contributed by atoms with Crippen LogP contribution in [-0.2, 0) is 9.59 Å². The third-order valence-electron chi connectivity index (χ3n) is 6.21. The molecule has 0 spiro atoms. The second kappa shape index (κ2) is 5.61. The van der Waals surface area contributed by atoms with Gasteiger partial charge in [-0.2, -0.15) is 0 Å².